The monoisotopic (exact) mass is 184 g/mol. The number of rotatable bonds is 4. The van der Waals surface area contributed by atoms with E-state index in [1.165, 1.54) is 25.8 Å². The maximum absolute atomic E-state index is 8.82. The van der Waals surface area contributed by atoms with E-state index in [2.05, 4.69) is 16.8 Å². The molecule has 0 aromatic carbocycles. The Balaban J connectivity index is 1.76. The van der Waals surface area contributed by atoms with Crippen molar-refractivity contribution in [3.8, 4) is 0 Å². The molecule has 0 spiro atoms. The van der Waals surface area contributed by atoms with Crippen molar-refractivity contribution in [2.24, 2.45) is 0 Å². The fraction of sp³-hybridized carbons (Fsp3) is 1.00. The van der Waals surface area contributed by atoms with Gasteiger partial charge in [0.15, 0.2) is 0 Å². The fourth-order valence-electron chi connectivity index (χ4n) is 2.27. The Morgan fingerprint density at radius 3 is 2.69 bits per heavy atom. The van der Waals surface area contributed by atoms with Gasteiger partial charge in [0.25, 0.3) is 0 Å². The summed E-state index contributed by atoms with van der Waals surface area (Å²) in [6.07, 6.45) is 4.08. The summed E-state index contributed by atoms with van der Waals surface area (Å²) >= 11 is 0. The quantitative estimate of drug-likeness (QED) is 0.673. The highest BCUT2D eigenvalue weighted by molar-refractivity contribution is 4.90. The van der Waals surface area contributed by atoms with Crippen LogP contribution in [0.15, 0.2) is 0 Å². The second-order valence-electron chi connectivity index (χ2n) is 4.36. The average Bonchev–Trinajstić information content (AvgIpc) is 2.87. The number of aliphatic hydroxyl groups is 1. The predicted molar refractivity (Wildman–Crippen MR) is 52.7 cm³/mol. The molecule has 1 atom stereocenters. The standard InChI is InChI=1S/C10H20N2O/c1-11(9-2-3-9)10-4-5-12(8-10)6-7-13/h9-10,13H,2-8H2,1H3/t10-/m0/s1. The van der Waals surface area contributed by atoms with Crippen LogP contribution in [0.4, 0.5) is 0 Å². The Hall–Kier alpha value is -0.120. The Kier molecular flexibility index (Phi) is 2.86. The van der Waals surface area contributed by atoms with Crippen molar-refractivity contribution in [2.45, 2.75) is 31.3 Å². The lowest BCUT2D eigenvalue weighted by Crippen LogP contribution is -2.36. The number of aliphatic hydroxyl groups excluding tert-OH is 1. The molecule has 3 heteroatoms. The van der Waals surface area contributed by atoms with Crippen LogP contribution in [0.1, 0.15) is 19.3 Å². The molecule has 0 aromatic heterocycles. The molecule has 1 aliphatic heterocycles. The van der Waals surface area contributed by atoms with E-state index in [0.29, 0.717) is 6.61 Å². The second kappa shape index (κ2) is 3.95. The topological polar surface area (TPSA) is 26.7 Å². The second-order valence-corrected chi connectivity index (χ2v) is 4.36. The molecule has 1 saturated carbocycles. The summed E-state index contributed by atoms with van der Waals surface area (Å²) in [6, 6.07) is 1.62. The van der Waals surface area contributed by atoms with Crippen molar-refractivity contribution >= 4 is 0 Å². The van der Waals surface area contributed by atoms with Crippen molar-refractivity contribution in [3.63, 3.8) is 0 Å². The van der Waals surface area contributed by atoms with Gasteiger partial charge in [0, 0.05) is 25.2 Å². The molecule has 0 unspecified atom stereocenters. The molecule has 1 saturated heterocycles. The molecule has 0 radical (unpaired) electrons. The molecule has 2 aliphatic rings. The van der Waals surface area contributed by atoms with Crippen LogP contribution in [0.5, 0.6) is 0 Å². The lowest BCUT2D eigenvalue weighted by atomic mass is 10.2. The van der Waals surface area contributed by atoms with Gasteiger partial charge in [-0.3, -0.25) is 9.80 Å². The van der Waals surface area contributed by atoms with Gasteiger partial charge in [0.1, 0.15) is 0 Å². The Morgan fingerprint density at radius 1 is 1.31 bits per heavy atom. The van der Waals surface area contributed by atoms with E-state index in [0.717, 1.165) is 25.2 Å². The molecule has 3 nitrogen and oxygen atoms in total. The fourth-order valence-corrected chi connectivity index (χ4v) is 2.27. The molecule has 13 heavy (non-hydrogen) atoms. The molecule has 76 valence electrons. The van der Waals surface area contributed by atoms with E-state index in [9.17, 15) is 0 Å². The number of hydrogen-bond donors (Lipinski definition) is 1. The van der Waals surface area contributed by atoms with Crippen LogP contribution < -0.4 is 0 Å². The first-order valence-corrected chi connectivity index (χ1v) is 5.36. The maximum Gasteiger partial charge on any atom is 0.0558 e. The summed E-state index contributed by atoms with van der Waals surface area (Å²) in [6.45, 7) is 3.49. The minimum atomic E-state index is 0.305. The first-order valence-electron chi connectivity index (χ1n) is 5.36. The molecule has 1 aliphatic carbocycles. The zero-order valence-electron chi connectivity index (χ0n) is 8.45. The number of hydrogen-bond acceptors (Lipinski definition) is 3. The van der Waals surface area contributed by atoms with Crippen LogP contribution in [-0.4, -0.2) is 60.3 Å². The predicted octanol–water partition coefficient (Wildman–Crippen LogP) is 0.147. The van der Waals surface area contributed by atoms with Gasteiger partial charge in [0.2, 0.25) is 0 Å². The molecular formula is C10H20N2O. The van der Waals surface area contributed by atoms with Crippen LogP contribution in [-0.2, 0) is 0 Å². The molecule has 0 amide bonds. The van der Waals surface area contributed by atoms with Crippen LogP contribution in [0.3, 0.4) is 0 Å². The minimum absolute atomic E-state index is 0.305. The first-order chi connectivity index (χ1) is 6.31. The lowest BCUT2D eigenvalue weighted by Gasteiger charge is -2.24. The summed E-state index contributed by atoms with van der Waals surface area (Å²) in [5, 5.41) is 8.82. The van der Waals surface area contributed by atoms with Gasteiger partial charge in [0.05, 0.1) is 6.61 Å². The van der Waals surface area contributed by atoms with Gasteiger partial charge in [-0.05, 0) is 32.9 Å². The number of likely N-dealkylation sites (N-methyl/N-ethyl adjacent to an activating group) is 1. The molecule has 0 aromatic rings. The van der Waals surface area contributed by atoms with Gasteiger partial charge in [-0.15, -0.1) is 0 Å². The normalized spacial score (nSPS) is 30.2. The SMILES string of the molecule is CN(C1CC1)[C@H]1CCN(CCO)C1. The molecule has 2 rings (SSSR count). The Bertz CT molecular complexity index is 170. The summed E-state index contributed by atoms with van der Waals surface area (Å²) in [5.41, 5.74) is 0. The van der Waals surface area contributed by atoms with Gasteiger partial charge >= 0.3 is 0 Å². The highest BCUT2D eigenvalue weighted by atomic mass is 16.3. The van der Waals surface area contributed by atoms with Crippen molar-refractivity contribution in [2.75, 3.05) is 33.3 Å². The molecule has 1 N–H and O–H groups in total. The third-order valence-electron chi connectivity index (χ3n) is 3.36. The third-order valence-corrected chi connectivity index (χ3v) is 3.36. The molecular weight excluding hydrogens is 164 g/mol. The van der Waals surface area contributed by atoms with E-state index in [1.54, 1.807) is 0 Å². The van der Waals surface area contributed by atoms with E-state index in [-0.39, 0.29) is 0 Å². The van der Waals surface area contributed by atoms with Gasteiger partial charge in [-0.1, -0.05) is 0 Å². The van der Waals surface area contributed by atoms with Gasteiger partial charge in [-0.2, -0.15) is 0 Å². The van der Waals surface area contributed by atoms with Crippen molar-refractivity contribution in [3.05, 3.63) is 0 Å². The third kappa shape index (κ3) is 2.22. The molecule has 2 fully saturated rings. The zero-order valence-corrected chi connectivity index (χ0v) is 8.45. The highest BCUT2D eigenvalue weighted by Crippen LogP contribution is 2.29. The van der Waals surface area contributed by atoms with Gasteiger partial charge < -0.3 is 5.11 Å². The average molecular weight is 184 g/mol. The molecule has 0 bridgehead atoms. The first kappa shape index (κ1) is 9.44. The molecule has 1 heterocycles. The number of nitrogens with zero attached hydrogens (tertiary/aromatic N) is 2. The summed E-state index contributed by atoms with van der Waals surface area (Å²) in [7, 11) is 2.25. The lowest BCUT2D eigenvalue weighted by molar-refractivity contribution is 0.195. The van der Waals surface area contributed by atoms with Crippen LogP contribution in [0, 0.1) is 0 Å². The number of β-amino-alcohol motifs (C(OH)–C–C–N with tert-alkyl or cyclic N) is 1. The van der Waals surface area contributed by atoms with Crippen LogP contribution in [0.25, 0.3) is 0 Å². The number of likely N-dealkylation sites (tertiary alicyclic amines) is 1. The Morgan fingerprint density at radius 2 is 2.08 bits per heavy atom. The smallest absolute Gasteiger partial charge is 0.0558 e. The maximum atomic E-state index is 8.82. The van der Waals surface area contributed by atoms with Crippen molar-refractivity contribution in [1.82, 2.24) is 9.80 Å². The Labute approximate surface area is 80.3 Å². The van der Waals surface area contributed by atoms with Crippen molar-refractivity contribution in [1.29, 1.82) is 0 Å². The van der Waals surface area contributed by atoms with E-state index in [1.807, 2.05) is 0 Å². The largest absolute Gasteiger partial charge is 0.395 e. The van der Waals surface area contributed by atoms with Crippen LogP contribution >= 0.6 is 0 Å². The highest BCUT2D eigenvalue weighted by Gasteiger charge is 2.34. The van der Waals surface area contributed by atoms with Gasteiger partial charge in [-0.25, -0.2) is 0 Å². The summed E-state index contributed by atoms with van der Waals surface area (Å²) < 4.78 is 0. The summed E-state index contributed by atoms with van der Waals surface area (Å²) in [4.78, 5) is 4.90. The van der Waals surface area contributed by atoms with E-state index < -0.39 is 0 Å². The van der Waals surface area contributed by atoms with Crippen molar-refractivity contribution < 1.29 is 5.11 Å². The van der Waals surface area contributed by atoms with Crippen LogP contribution in [0.2, 0.25) is 0 Å². The van der Waals surface area contributed by atoms with E-state index >= 15 is 0 Å². The van der Waals surface area contributed by atoms with E-state index in [4.69, 9.17) is 5.11 Å². The minimum Gasteiger partial charge on any atom is -0.395 e. The summed E-state index contributed by atoms with van der Waals surface area (Å²) in [5.74, 6) is 0. The zero-order chi connectivity index (χ0) is 9.26.